The molecule has 1 unspecified atom stereocenters. The smallest absolute Gasteiger partial charge is 0.167 e. The summed E-state index contributed by atoms with van der Waals surface area (Å²) in [6.07, 6.45) is 1.83. The Morgan fingerprint density at radius 3 is 2.94 bits per heavy atom. The zero-order chi connectivity index (χ0) is 12.3. The standard InChI is InChI=1S/C14H19NO2/c1-3-10-8-11(4-5-13(10)17-2)14(16)12-6-7-15-9-12/h4-5,8,12,15H,3,6-7,9H2,1-2H3. The summed E-state index contributed by atoms with van der Waals surface area (Å²) in [6, 6.07) is 5.74. The molecule has 0 aromatic heterocycles. The number of carbonyl (C=O) groups excluding carboxylic acids is 1. The van der Waals surface area contributed by atoms with Crippen molar-refractivity contribution >= 4 is 5.78 Å². The van der Waals surface area contributed by atoms with Crippen LogP contribution in [0.2, 0.25) is 0 Å². The number of hydrogen-bond acceptors (Lipinski definition) is 3. The minimum atomic E-state index is 0.146. The van der Waals surface area contributed by atoms with Crippen LogP contribution in [0.15, 0.2) is 18.2 Å². The second kappa shape index (κ2) is 5.32. The van der Waals surface area contributed by atoms with E-state index in [-0.39, 0.29) is 11.7 Å². The molecular weight excluding hydrogens is 214 g/mol. The third-order valence-corrected chi connectivity index (χ3v) is 3.38. The fourth-order valence-electron chi connectivity index (χ4n) is 2.32. The van der Waals surface area contributed by atoms with Gasteiger partial charge in [-0.2, -0.15) is 0 Å². The quantitative estimate of drug-likeness (QED) is 0.809. The predicted molar refractivity (Wildman–Crippen MR) is 67.7 cm³/mol. The van der Waals surface area contributed by atoms with Gasteiger partial charge in [0.05, 0.1) is 7.11 Å². The zero-order valence-electron chi connectivity index (χ0n) is 10.5. The number of benzene rings is 1. The minimum absolute atomic E-state index is 0.146. The van der Waals surface area contributed by atoms with Crippen LogP contribution in [0, 0.1) is 5.92 Å². The summed E-state index contributed by atoms with van der Waals surface area (Å²) >= 11 is 0. The van der Waals surface area contributed by atoms with Crippen LogP contribution < -0.4 is 10.1 Å². The van der Waals surface area contributed by atoms with E-state index in [2.05, 4.69) is 12.2 Å². The first-order chi connectivity index (χ1) is 8.26. The van der Waals surface area contributed by atoms with Gasteiger partial charge in [0.2, 0.25) is 0 Å². The molecule has 0 bridgehead atoms. The number of rotatable bonds is 4. The van der Waals surface area contributed by atoms with Gasteiger partial charge in [-0.15, -0.1) is 0 Å². The summed E-state index contributed by atoms with van der Waals surface area (Å²) < 4.78 is 5.27. The van der Waals surface area contributed by atoms with Crippen molar-refractivity contribution in [3.05, 3.63) is 29.3 Å². The summed E-state index contributed by atoms with van der Waals surface area (Å²) in [6.45, 7) is 3.84. The van der Waals surface area contributed by atoms with Crippen molar-refractivity contribution in [2.24, 2.45) is 5.92 Å². The second-order valence-corrected chi connectivity index (χ2v) is 4.43. The molecule has 3 heteroatoms. The lowest BCUT2D eigenvalue weighted by atomic mass is 9.95. The van der Waals surface area contributed by atoms with Crippen molar-refractivity contribution in [1.82, 2.24) is 5.32 Å². The Bertz CT molecular complexity index is 409. The molecule has 1 atom stereocenters. The van der Waals surface area contributed by atoms with Gasteiger partial charge >= 0.3 is 0 Å². The molecule has 2 rings (SSSR count). The first-order valence-electron chi connectivity index (χ1n) is 6.18. The number of hydrogen-bond donors (Lipinski definition) is 1. The van der Waals surface area contributed by atoms with Crippen LogP contribution in [-0.2, 0) is 6.42 Å². The number of ether oxygens (including phenoxy) is 1. The molecule has 1 aliphatic rings. The van der Waals surface area contributed by atoms with Gasteiger partial charge in [-0.25, -0.2) is 0 Å². The maximum absolute atomic E-state index is 12.2. The number of methoxy groups -OCH3 is 1. The van der Waals surface area contributed by atoms with Gasteiger partial charge < -0.3 is 10.1 Å². The van der Waals surface area contributed by atoms with Gasteiger partial charge in [0, 0.05) is 18.0 Å². The van der Waals surface area contributed by atoms with Crippen LogP contribution in [0.1, 0.15) is 29.3 Å². The molecule has 1 N–H and O–H groups in total. The largest absolute Gasteiger partial charge is 0.496 e. The third kappa shape index (κ3) is 2.50. The second-order valence-electron chi connectivity index (χ2n) is 4.43. The molecule has 0 amide bonds. The minimum Gasteiger partial charge on any atom is -0.496 e. The molecule has 0 saturated carbocycles. The van der Waals surface area contributed by atoms with Crippen LogP contribution >= 0.6 is 0 Å². The van der Waals surface area contributed by atoms with Crippen molar-refractivity contribution in [2.45, 2.75) is 19.8 Å². The average Bonchev–Trinajstić information content (AvgIpc) is 2.90. The normalized spacial score (nSPS) is 19.3. The van der Waals surface area contributed by atoms with Crippen molar-refractivity contribution in [3.8, 4) is 5.75 Å². The highest BCUT2D eigenvalue weighted by atomic mass is 16.5. The monoisotopic (exact) mass is 233 g/mol. The molecule has 3 nitrogen and oxygen atoms in total. The Kier molecular flexibility index (Phi) is 3.79. The Balaban J connectivity index is 2.23. The summed E-state index contributed by atoms with van der Waals surface area (Å²) in [7, 11) is 1.66. The van der Waals surface area contributed by atoms with Crippen LogP contribution in [0.4, 0.5) is 0 Å². The summed E-state index contributed by atoms with van der Waals surface area (Å²) in [5.74, 6) is 1.27. The Hall–Kier alpha value is -1.35. The molecule has 1 saturated heterocycles. The molecule has 0 spiro atoms. The Morgan fingerprint density at radius 2 is 2.35 bits per heavy atom. The lowest BCUT2D eigenvalue weighted by molar-refractivity contribution is 0.0930. The lowest BCUT2D eigenvalue weighted by Crippen LogP contribution is -2.18. The van der Waals surface area contributed by atoms with Crippen molar-refractivity contribution in [3.63, 3.8) is 0 Å². The number of ketones is 1. The Labute approximate surface area is 102 Å². The first-order valence-corrected chi connectivity index (χ1v) is 6.18. The van der Waals surface area contributed by atoms with Gasteiger partial charge in [0.25, 0.3) is 0 Å². The summed E-state index contributed by atoms with van der Waals surface area (Å²) in [5.41, 5.74) is 1.92. The molecule has 1 fully saturated rings. The highest BCUT2D eigenvalue weighted by molar-refractivity contribution is 5.98. The molecule has 1 aliphatic heterocycles. The fourth-order valence-corrected chi connectivity index (χ4v) is 2.32. The SMILES string of the molecule is CCc1cc(C(=O)C2CCNC2)ccc1OC. The van der Waals surface area contributed by atoms with E-state index in [1.54, 1.807) is 7.11 Å². The number of carbonyl (C=O) groups is 1. The predicted octanol–water partition coefficient (Wildman–Crippen LogP) is 2.05. The van der Waals surface area contributed by atoms with E-state index in [1.807, 2.05) is 18.2 Å². The third-order valence-electron chi connectivity index (χ3n) is 3.38. The first kappa shape index (κ1) is 12.1. The molecule has 0 radical (unpaired) electrons. The zero-order valence-corrected chi connectivity index (χ0v) is 10.5. The molecule has 1 aromatic rings. The van der Waals surface area contributed by atoms with Crippen molar-refractivity contribution in [2.75, 3.05) is 20.2 Å². The maximum Gasteiger partial charge on any atom is 0.167 e. The molecule has 92 valence electrons. The van der Waals surface area contributed by atoms with E-state index in [0.717, 1.165) is 42.8 Å². The molecular formula is C14H19NO2. The number of nitrogens with one attached hydrogen (secondary N) is 1. The summed E-state index contributed by atoms with van der Waals surface area (Å²) in [5, 5.41) is 3.23. The van der Waals surface area contributed by atoms with Crippen LogP contribution in [0.5, 0.6) is 5.75 Å². The molecule has 0 aliphatic carbocycles. The average molecular weight is 233 g/mol. The molecule has 1 aromatic carbocycles. The van der Waals surface area contributed by atoms with Gasteiger partial charge in [0.1, 0.15) is 5.75 Å². The molecule has 17 heavy (non-hydrogen) atoms. The number of Topliss-reactive ketones (excluding diaryl/α,β-unsaturated/α-hetero) is 1. The highest BCUT2D eigenvalue weighted by Gasteiger charge is 2.23. The topological polar surface area (TPSA) is 38.3 Å². The highest BCUT2D eigenvalue weighted by Crippen LogP contribution is 2.23. The van der Waals surface area contributed by atoms with E-state index in [0.29, 0.717) is 0 Å². The lowest BCUT2D eigenvalue weighted by Gasteiger charge is -2.11. The van der Waals surface area contributed by atoms with Crippen LogP contribution in [-0.4, -0.2) is 26.0 Å². The van der Waals surface area contributed by atoms with E-state index < -0.39 is 0 Å². The van der Waals surface area contributed by atoms with E-state index in [1.165, 1.54) is 0 Å². The number of aryl methyl sites for hydroxylation is 1. The van der Waals surface area contributed by atoms with Crippen LogP contribution in [0.3, 0.4) is 0 Å². The van der Waals surface area contributed by atoms with Crippen molar-refractivity contribution in [1.29, 1.82) is 0 Å². The van der Waals surface area contributed by atoms with E-state index in [4.69, 9.17) is 4.74 Å². The Morgan fingerprint density at radius 1 is 1.53 bits per heavy atom. The van der Waals surface area contributed by atoms with Gasteiger partial charge in [-0.05, 0) is 43.1 Å². The van der Waals surface area contributed by atoms with Gasteiger partial charge in [-0.1, -0.05) is 6.92 Å². The summed E-state index contributed by atoms with van der Waals surface area (Å²) in [4.78, 5) is 12.2. The fraction of sp³-hybridized carbons (Fsp3) is 0.500. The van der Waals surface area contributed by atoms with Crippen LogP contribution in [0.25, 0.3) is 0 Å². The molecule has 1 heterocycles. The van der Waals surface area contributed by atoms with Gasteiger partial charge in [-0.3, -0.25) is 4.79 Å². The van der Waals surface area contributed by atoms with E-state index >= 15 is 0 Å². The van der Waals surface area contributed by atoms with Gasteiger partial charge in [0.15, 0.2) is 5.78 Å². The maximum atomic E-state index is 12.2. The van der Waals surface area contributed by atoms with E-state index in [9.17, 15) is 4.79 Å². The van der Waals surface area contributed by atoms with Crippen molar-refractivity contribution < 1.29 is 9.53 Å².